The number of phenolic OH excluding ortho intramolecular Hbond substituents is 1. The molecule has 0 amide bonds. The molecule has 0 radical (unpaired) electrons. The van der Waals surface area contributed by atoms with Gasteiger partial charge in [-0.15, -0.1) is 0 Å². The predicted molar refractivity (Wildman–Crippen MR) is 79.5 cm³/mol. The third-order valence-corrected chi connectivity index (χ3v) is 4.16. The molecule has 4 heteroatoms. The Hall–Kier alpha value is -1.42. The van der Waals surface area contributed by atoms with E-state index < -0.39 is 0 Å². The van der Waals surface area contributed by atoms with E-state index in [1.807, 2.05) is 12.1 Å². The minimum Gasteiger partial charge on any atom is -0.502 e. The van der Waals surface area contributed by atoms with Crippen LogP contribution in [0.3, 0.4) is 0 Å². The maximum Gasteiger partial charge on any atom is 0.200 e. The molecule has 0 unspecified atom stereocenters. The smallest absolute Gasteiger partial charge is 0.200 e. The van der Waals surface area contributed by atoms with Crippen molar-refractivity contribution >= 4 is 0 Å². The summed E-state index contributed by atoms with van der Waals surface area (Å²) in [6.45, 7) is 7.74. The van der Waals surface area contributed by atoms with Crippen molar-refractivity contribution in [2.24, 2.45) is 5.41 Å². The van der Waals surface area contributed by atoms with E-state index in [4.69, 9.17) is 9.47 Å². The number of methoxy groups -OCH3 is 2. The van der Waals surface area contributed by atoms with Crippen LogP contribution in [-0.2, 0) is 6.54 Å². The number of rotatable bonds is 4. The molecular weight excluding hydrogens is 254 g/mol. The zero-order chi connectivity index (χ0) is 14.8. The van der Waals surface area contributed by atoms with Gasteiger partial charge in [0, 0.05) is 6.54 Å². The Kier molecular flexibility index (Phi) is 4.43. The Morgan fingerprint density at radius 2 is 1.60 bits per heavy atom. The summed E-state index contributed by atoms with van der Waals surface area (Å²) >= 11 is 0. The molecule has 0 atom stereocenters. The summed E-state index contributed by atoms with van der Waals surface area (Å²) in [4.78, 5) is 2.44. The van der Waals surface area contributed by atoms with Crippen LogP contribution in [0.1, 0.15) is 32.3 Å². The minimum absolute atomic E-state index is 0.0681. The molecule has 1 heterocycles. The lowest BCUT2D eigenvalue weighted by Crippen LogP contribution is -2.36. The number of likely N-dealkylation sites (tertiary alicyclic amines) is 1. The molecule has 1 aliphatic heterocycles. The first-order valence-electron chi connectivity index (χ1n) is 7.11. The first kappa shape index (κ1) is 15.0. The molecule has 0 aromatic heterocycles. The Labute approximate surface area is 121 Å². The molecule has 20 heavy (non-hydrogen) atoms. The van der Waals surface area contributed by atoms with Gasteiger partial charge in [-0.25, -0.2) is 0 Å². The van der Waals surface area contributed by atoms with Gasteiger partial charge in [-0.1, -0.05) is 13.8 Å². The molecule has 1 aromatic carbocycles. The summed E-state index contributed by atoms with van der Waals surface area (Å²) in [5.74, 6) is 1.01. The van der Waals surface area contributed by atoms with E-state index in [0.717, 1.165) is 25.2 Å². The highest BCUT2D eigenvalue weighted by Gasteiger charge is 2.25. The van der Waals surface area contributed by atoms with Crippen molar-refractivity contribution in [3.63, 3.8) is 0 Å². The van der Waals surface area contributed by atoms with Crippen LogP contribution in [0.25, 0.3) is 0 Å². The van der Waals surface area contributed by atoms with E-state index >= 15 is 0 Å². The van der Waals surface area contributed by atoms with Crippen molar-refractivity contribution in [3.05, 3.63) is 17.7 Å². The number of ether oxygens (including phenoxy) is 2. The second-order valence-corrected chi connectivity index (χ2v) is 6.29. The zero-order valence-corrected chi connectivity index (χ0v) is 12.9. The Morgan fingerprint density at radius 1 is 1.10 bits per heavy atom. The molecule has 1 aromatic rings. The number of phenols is 1. The van der Waals surface area contributed by atoms with E-state index in [9.17, 15) is 5.11 Å². The highest BCUT2D eigenvalue weighted by molar-refractivity contribution is 5.52. The van der Waals surface area contributed by atoms with Crippen LogP contribution in [-0.4, -0.2) is 37.3 Å². The lowest BCUT2D eigenvalue weighted by molar-refractivity contribution is 0.127. The van der Waals surface area contributed by atoms with Gasteiger partial charge in [0.15, 0.2) is 11.5 Å². The van der Waals surface area contributed by atoms with Crippen molar-refractivity contribution in [1.82, 2.24) is 4.90 Å². The Balaban J connectivity index is 2.10. The van der Waals surface area contributed by atoms with Crippen LogP contribution < -0.4 is 9.47 Å². The zero-order valence-electron chi connectivity index (χ0n) is 12.9. The average Bonchev–Trinajstić information content (AvgIpc) is 2.42. The van der Waals surface area contributed by atoms with Gasteiger partial charge in [0.2, 0.25) is 5.75 Å². The molecule has 1 fully saturated rings. The maximum atomic E-state index is 9.92. The second kappa shape index (κ2) is 5.92. The van der Waals surface area contributed by atoms with Crippen molar-refractivity contribution in [3.8, 4) is 17.2 Å². The van der Waals surface area contributed by atoms with Gasteiger partial charge in [0.1, 0.15) is 0 Å². The van der Waals surface area contributed by atoms with Gasteiger partial charge in [0.05, 0.1) is 14.2 Å². The van der Waals surface area contributed by atoms with E-state index in [2.05, 4.69) is 18.7 Å². The molecular formula is C16H25NO3. The highest BCUT2D eigenvalue weighted by atomic mass is 16.5. The van der Waals surface area contributed by atoms with Crippen LogP contribution in [0.2, 0.25) is 0 Å². The van der Waals surface area contributed by atoms with Crippen LogP contribution in [0.4, 0.5) is 0 Å². The third kappa shape index (κ3) is 3.37. The lowest BCUT2D eigenvalue weighted by Gasteiger charge is -2.37. The summed E-state index contributed by atoms with van der Waals surface area (Å²) in [5, 5.41) is 9.92. The normalized spacial score (nSPS) is 18.8. The Morgan fingerprint density at radius 3 is 2.05 bits per heavy atom. The summed E-state index contributed by atoms with van der Waals surface area (Å²) in [5.41, 5.74) is 1.57. The lowest BCUT2D eigenvalue weighted by atomic mass is 9.82. The molecule has 2 rings (SSSR count). The van der Waals surface area contributed by atoms with Gasteiger partial charge in [-0.3, -0.25) is 4.90 Å². The van der Waals surface area contributed by atoms with Crippen LogP contribution in [0, 0.1) is 5.41 Å². The number of benzene rings is 1. The number of hydrogen-bond donors (Lipinski definition) is 1. The van der Waals surface area contributed by atoms with Crippen molar-refractivity contribution < 1.29 is 14.6 Å². The molecule has 1 aliphatic rings. The summed E-state index contributed by atoms with van der Waals surface area (Å²) in [6, 6.07) is 3.77. The predicted octanol–water partition coefficient (Wildman–Crippen LogP) is 3.03. The molecule has 0 bridgehead atoms. The Bertz CT molecular complexity index is 436. The van der Waals surface area contributed by atoms with E-state index in [-0.39, 0.29) is 5.75 Å². The number of aromatic hydroxyl groups is 1. The standard InChI is InChI=1S/C16H25NO3/c1-16(2)5-7-17(8-6-16)11-12-9-13(19-3)15(18)14(10-12)20-4/h9-10,18H,5-8,11H2,1-4H3. The summed E-state index contributed by atoms with van der Waals surface area (Å²) < 4.78 is 10.4. The largest absolute Gasteiger partial charge is 0.502 e. The van der Waals surface area contributed by atoms with Crippen LogP contribution in [0.15, 0.2) is 12.1 Å². The first-order valence-corrected chi connectivity index (χ1v) is 7.11. The number of nitrogens with zero attached hydrogens (tertiary/aromatic N) is 1. The molecule has 0 spiro atoms. The first-order chi connectivity index (χ1) is 9.45. The van der Waals surface area contributed by atoms with E-state index in [1.54, 1.807) is 14.2 Å². The third-order valence-electron chi connectivity index (χ3n) is 4.16. The summed E-state index contributed by atoms with van der Waals surface area (Å²) in [6.07, 6.45) is 2.44. The fraction of sp³-hybridized carbons (Fsp3) is 0.625. The monoisotopic (exact) mass is 279 g/mol. The van der Waals surface area contributed by atoms with E-state index in [1.165, 1.54) is 12.8 Å². The molecule has 112 valence electrons. The molecule has 0 saturated carbocycles. The van der Waals surface area contributed by atoms with Gasteiger partial charge in [-0.2, -0.15) is 0 Å². The van der Waals surface area contributed by atoms with Crippen molar-refractivity contribution in [1.29, 1.82) is 0 Å². The fourth-order valence-corrected chi connectivity index (χ4v) is 2.61. The number of piperidine rings is 1. The van der Waals surface area contributed by atoms with Gasteiger partial charge in [-0.05, 0) is 49.0 Å². The minimum atomic E-state index is 0.0681. The van der Waals surface area contributed by atoms with Crippen molar-refractivity contribution in [2.75, 3.05) is 27.3 Å². The number of hydrogen-bond acceptors (Lipinski definition) is 4. The van der Waals surface area contributed by atoms with E-state index in [0.29, 0.717) is 16.9 Å². The molecule has 1 saturated heterocycles. The maximum absolute atomic E-state index is 9.92. The second-order valence-electron chi connectivity index (χ2n) is 6.29. The average molecular weight is 279 g/mol. The van der Waals surface area contributed by atoms with Gasteiger partial charge in [0.25, 0.3) is 0 Å². The SMILES string of the molecule is COc1cc(CN2CCC(C)(C)CC2)cc(OC)c1O. The van der Waals surface area contributed by atoms with Crippen molar-refractivity contribution in [2.45, 2.75) is 33.2 Å². The van der Waals surface area contributed by atoms with Crippen LogP contribution in [0.5, 0.6) is 17.2 Å². The topological polar surface area (TPSA) is 41.9 Å². The van der Waals surface area contributed by atoms with Gasteiger partial charge >= 0.3 is 0 Å². The molecule has 0 aliphatic carbocycles. The highest BCUT2D eigenvalue weighted by Crippen LogP contribution is 2.38. The quantitative estimate of drug-likeness (QED) is 0.920. The van der Waals surface area contributed by atoms with Gasteiger partial charge < -0.3 is 14.6 Å². The molecule has 4 nitrogen and oxygen atoms in total. The fourth-order valence-electron chi connectivity index (χ4n) is 2.61. The van der Waals surface area contributed by atoms with Crippen LogP contribution >= 0.6 is 0 Å². The molecule has 1 N–H and O–H groups in total. The summed E-state index contributed by atoms with van der Waals surface area (Å²) in [7, 11) is 3.11.